The van der Waals surface area contributed by atoms with Crippen molar-refractivity contribution in [2.75, 3.05) is 0 Å². The SMILES string of the molecule is CC(Sc1ccccc1)c1ccccc1. The van der Waals surface area contributed by atoms with Gasteiger partial charge in [0.25, 0.3) is 0 Å². The molecule has 0 aliphatic heterocycles. The van der Waals surface area contributed by atoms with Crippen molar-refractivity contribution >= 4 is 11.8 Å². The highest BCUT2D eigenvalue weighted by Crippen LogP contribution is 2.34. The van der Waals surface area contributed by atoms with Crippen molar-refractivity contribution in [3.63, 3.8) is 0 Å². The lowest BCUT2D eigenvalue weighted by molar-refractivity contribution is 1.10. The number of hydrogen-bond donors (Lipinski definition) is 0. The molecule has 0 fully saturated rings. The zero-order chi connectivity index (χ0) is 10.5. The van der Waals surface area contributed by atoms with Gasteiger partial charge in [0.05, 0.1) is 0 Å². The first kappa shape index (κ1) is 10.3. The van der Waals surface area contributed by atoms with Gasteiger partial charge < -0.3 is 0 Å². The van der Waals surface area contributed by atoms with Crippen molar-refractivity contribution in [1.82, 2.24) is 0 Å². The van der Waals surface area contributed by atoms with E-state index in [1.54, 1.807) is 0 Å². The Morgan fingerprint density at radius 1 is 0.800 bits per heavy atom. The van der Waals surface area contributed by atoms with Gasteiger partial charge in [-0.2, -0.15) is 0 Å². The van der Waals surface area contributed by atoms with Crippen molar-refractivity contribution in [2.24, 2.45) is 0 Å². The van der Waals surface area contributed by atoms with Crippen LogP contribution in [-0.4, -0.2) is 0 Å². The summed E-state index contributed by atoms with van der Waals surface area (Å²) in [5, 5.41) is 0.508. The molecule has 1 unspecified atom stereocenters. The van der Waals surface area contributed by atoms with E-state index in [1.165, 1.54) is 10.5 Å². The Kier molecular flexibility index (Phi) is 3.46. The van der Waals surface area contributed by atoms with Crippen LogP contribution >= 0.6 is 11.8 Å². The third kappa shape index (κ3) is 2.87. The summed E-state index contributed by atoms with van der Waals surface area (Å²) in [7, 11) is 0. The molecule has 0 spiro atoms. The number of benzene rings is 2. The molecular weight excluding hydrogens is 200 g/mol. The molecule has 0 heterocycles. The molecule has 0 aromatic heterocycles. The topological polar surface area (TPSA) is 0 Å². The van der Waals surface area contributed by atoms with Crippen LogP contribution in [0.25, 0.3) is 0 Å². The fraction of sp³-hybridized carbons (Fsp3) is 0.143. The van der Waals surface area contributed by atoms with E-state index in [9.17, 15) is 0 Å². The van der Waals surface area contributed by atoms with E-state index in [-0.39, 0.29) is 0 Å². The average Bonchev–Trinajstić information content (AvgIpc) is 2.31. The van der Waals surface area contributed by atoms with Gasteiger partial charge in [-0.05, 0) is 24.6 Å². The molecule has 0 aliphatic rings. The van der Waals surface area contributed by atoms with E-state index >= 15 is 0 Å². The van der Waals surface area contributed by atoms with E-state index in [0.29, 0.717) is 5.25 Å². The highest BCUT2D eigenvalue weighted by molar-refractivity contribution is 7.99. The lowest BCUT2D eigenvalue weighted by atomic mass is 10.2. The molecule has 0 amide bonds. The van der Waals surface area contributed by atoms with Crippen LogP contribution in [0.1, 0.15) is 17.7 Å². The van der Waals surface area contributed by atoms with Crippen molar-refractivity contribution in [2.45, 2.75) is 17.1 Å². The lowest BCUT2D eigenvalue weighted by Gasteiger charge is -2.10. The van der Waals surface area contributed by atoms with Gasteiger partial charge in [0.2, 0.25) is 0 Å². The molecular formula is C14H14S. The molecule has 0 saturated heterocycles. The molecule has 2 aromatic rings. The normalized spacial score (nSPS) is 12.3. The van der Waals surface area contributed by atoms with Crippen molar-refractivity contribution < 1.29 is 0 Å². The molecule has 0 bridgehead atoms. The largest absolute Gasteiger partial charge is 0.118 e. The summed E-state index contributed by atoms with van der Waals surface area (Å²) in [5.41, 5.74) is 1.38. The van der Waals surface area contributed by atoms with Crippen LogP contribution in [0.2, 0.25) is 0 Å². The maximum atomic E-state index is 2.24. The Balaban J connectivity index is 2.08. The summed E-state index contributed by atoms with van der Waals surface area (Å²) in [6.07, 6.45) is 0. The second-order valence-corrected chi connectivity index (χ2v) is 4.90. The molecule has 1 heteroatoms. The third-order valence-corrected chi connectivity index (χ3v) is 3.50. The van der Waals surface area contributed by atoms with E-state index in [4.69, 9.17) is 0 Å². The fourth-order valence-electron chi connectivity index (χ4n) is 1.50. The summed E-state index contributed by atoms with van der Waals surface area (Å²) in [5.74, 6) is 0. The summed E-state index contributed by atoms with van der Waals surface area (Å²) in [6.45, 7) is 2.24. The predicted octanol–water partition coefficient (Wildman–Crippen LogP) is 4.54. The van der Waals surface area contributed by atoms with Crippen LogP contribution in [0.15, 0.2) is 65.6 Å². The van der Waals surface area contributed by atoms with E-state index in [0.717, 1.165) is 0 Å². The van der Waals surface area contributed by atoms with Crippen molar-refractivity contribution in [3.05, 3.63) is 66.2 Å². The first-order valence-electron chi connectivity index (χ1n) is 5.13. The highest BCUT2D eigenvalue weighted by Gasteiger charge is 2.05. The Hall–Kier alpha value is -1.21. The number of thioether (sulfide) groups is 1. The van der Waals surface area contributed by atoms with Gasteiger partial charge >= 0.3 is 0 Å². The Labute approximate surface area is 95.3 Å². The first-order chi connectivity index (χ1) is 7.36. The summed E-state index contributed by atoms with van der Waals surface area (Å²) >= 11 is 1.90. The molecule has 0 N–H and O–H groups in total. The van der Waals surface area contributed by atoms with E-state index in [2.05, 4.69) is 67.6 Å². The lowest BCUT2D eigenvalue weighted by Crippen LogP contribution is -1.86. The van der Waals surface area contributed by atoms with Crippen LogP contribution in [-0.2, 0) is 0 Å². The quantitative estimate of drug-likeness (QED) is 0.676. The molecule has 0 radical (unpaired) electrons. The second-order valence-electron chi connectivity index (χ2n) is 3.48. The zero-order valence-corrected chi connectivity index (χ0v) is 9.58. The standard InChI is InChI=1S/C14H14S/c1-12(13-8-4-2-5-9-13)15-14-10-6-3-7-11-14/h2-12H,1H3. The molecule has 0 nitrogen and oxygen atoms in total. The molecule has 0 aliphatic carbocycles. The minimum Gasteiger partial charge on any atom is -0.118 e. The van der Waals surface area contributed by atoms with Crippen LogP contribution < -0.4 is 0 Å². The molecule has 76 valence electrons. The van der Waals surface area contributed by atoms with Crippen LogP contribution in [0.3, 0.4) is 0 Å². The number of hydrogen-bond acceptors (Lipinski definition) is 1. The minimum absolute atomic E-state index is 0.508. The zero-order valence-electron chi connectivity index (χ0n) is 8.76. The van der Waals surface area contributed by atoms with Crippen LogP contribution in [0.4, 0.5) is 0 Å². The third-order valence-electron chi connectivity index (χ3n) is 2.33. The van der Waals surface area contributed by atoms with Crippen LogP contribution in [0.5, 0.6) is 0 Å². The van der Waals surface area contributed by atoms with Crippen molar-refractivity contribution in [3.8, 4) is 0 Å². The van der Waals surface area contributed by atoms with Crippen LogP contribution in [0, 0.1) is 0 Å². The molecule has 2 rings (SSSR count). The smallest absolute Gasteiger partial charge is 0.0316 e. The fourth-order valence-corrected chi connectivity index (χ4v) is 2.51. The van der Waals surface area contributed by atoms with Gasteiger partial charge in [-0.15, -0.1) is 11.8 Å². The first-order valence-corrected chi connectivity index (χ1v) is 6.01. The van der Waals surface area contributed by atoms with Gasteiger partial charge in [-0.25, -0.2) is 0 Å². The van der Waals surface area contributed by atoms with E-state index in [1.807, 2.05) is 11.8 Å². The van der Waals surface area contributed by atoms with E-state index < -0.39 is 0 Å². The minimum atomic E-state index is 0.508. The highest BCUT2D eigenvalue weighted by atomic mass is 32.2. The molecule has 0 saturated carbocycles. The Morgan fingerprint density at radius 2 is 1.33 bits per heavy atom. The predicted molar refractivity (Wildman–Crippen MR) is 67.2 cm³/mol. The molecule has 2 aromatic carbocycles. The van der Waals surface area contributed by atoms with Gasteiger partial charge in [0.15, 0.2) is 0 Å². The monoisotopic (exact) mass is 214 g/mol. The Bertz CT molecular complexity index is 394. The van der Waals surface area contributed by atoms with Gasteiger partial charge in [-0.3, -0.25) is 0 Å². The van der Waals surface area contributed by atoms with Gasteiger partial charge in [-0.1, -0.05) is 48.5 Å². The second kappa shape index (κ2) is 5.04. The molecule has 15 heavy (non-hydrogen) atoms. The van der Waals surface area contributed by atoms with Gasteiger partial charge in [0.1, 0.15) is 0 Å². The maximum absolute atomic E-state index is 2.24. The average molecular weight is 214 g/mol. The number of rotatable bonds is 3. The van der Waals surface area contributed by atoms with Crippen molar-refractivity contribution in [1.29, 1.82) is 0 Å². The summed E-state index contributed by atoms with van der Waals surface area (Å²) in [4.78, 5) is 1.33. The Morgan fingerprint density at radius 3 is 1.93 bits per heavy atom. The maximum Gasteiger partial charge on any atom is 0.0316 e. The molecule has 1 atom stereocenters. The summed E-state index contributed by atoms with van der Waals surface area (Å²) in [6, 6.07) is 21.1. The summed E-state index contributed by atoms with van der Waals surface area (Å²) < 4.78 is 0. The van der Waals surface area contributed by atoms with Gasteiger partial charge in [0, 0.05) is 10.1 Å².